The molecule has 10 nitrogen and oxygen atoms in total. The highest BCUT2D eigenvalue weighted by Gasteiger charge is 2.46. The zero-order valence-corrected chi connectivity index (χ0v) is 21.9. The number of carbonyl (C=O) groups is 2. The number of benzene rings is 2. The van der Waals surface area contributed by atoms with Crippen LogP contribution in [-0.2, 0) is 9.53 Å². The normalized spacial score (nSPS) is 25.4. The number of carbonyl (C=O) groups excluding carboxylic acids is 2. The van der Waals surface area contributed by atoms with Crippen molar-refractivity contribution in [3.63, 3.8) is 0 Å². The molecular formula is C29H35N3O7. The number of hydrogen-bond acceptors (Lipinski definition) is 8. The summed E-state index contributed by atoms with van der Waals surface area (Å²) in [5.74, 6) is 1.51. The molecule has 3 N–H and O–H groups in total. The average Bonchev–Trinajstić information content (AvgIpc) is 3.57. The van der Waals surface area contributed by atoms with Crippen LogP contribution < -0.4 is 24.8 Å². The van der Waals surface area contributed by atoms with E-state index in [9.17, 15) is 14.7 Å². The molecule has 0 bridgehead atoms. The van der Waals surface area contributed by atoms with Gasteiger partial charge in [0.25, 0.3) is 5.91 Å². The van der Waals surface area contributed by atoms with Crippen LogP contribution in [0.3, 0.4) is 0 Å². The Morgan fingerprint density at radius 1 is 1.00 bits per heavy atom. The largest absolute Gasteiger partial charge is 0.487 e. The summed E-state index contributed by atoms with van der Waals surface area (Å²) in [6, 6.07) is 10.6. The third kappa shape index (κ3) is 5.68. The third-order valence-electron chi connectivity index (χ3n) is 8.00. The molecule has 2 aromatic rings. The van der Waals surface area contributed by atoms with Crippen LogP contribution in [-0.4, -0.2) is 79.7 Å². The van der Waals surface area contributed by atoms with E-state index in [1.807, 2.05) is 12.1 Å². The Kier molecular flexibility index (Phi) is 7.58. The zero-order chi connectivity index (χ0) is 26.8. The standard InChI is InChI=1S/C29H35N3O7/c33-16-26-28-22(14-20(38-26)15-27(34)30-8-11-32-9-2-1-3-10-32)21-13-19(5-7-23(21)39-28)31-29(35)18-4-6-24-25(12-18)37-17-36-24/h4-7,12-13,20,22,26,28,33H,1-3,8-11,14-17H2,(H,30,34)(H,31,35)/t20-,22+,26-,28-/m0/s1. The molecule has 208 valence electrons. The number of piperidine rings is 1. The van der Waals surface area contributed by atoms with Crippen LogP contribution in [0.15, 0.2) is 36.4 Å². The number of fused-ring (bicyclic) bond motifs is 4. The van der Waals surface area contributed by atoms with Crippen LogP contribution in [0.4, 0.5) is 5.69 Å². The number of likely N-dealkylation sites (tertiary alicyclic amines) is 1. The summed E-state index contributed by atoms with van der Waals surface area (Å²) >= 11 is 0. The fraction of sp³-hybridized carbons (Fsp3) is 0.517. The van der Waals surface area contributed by atoms with Crippen molar-refractivity contribution in [3.8, 4) is 17.2 Å². The fourth-order valence-electron chi connectivity index (χ4n) is 6.02. The van der Waals surface area contributed by atoms with Crippen molar-refractivity contribution in [2.75, 3.05) is 44.9 Å². The van der Waals surface area contributed by atoms with E-state index in [4.69, 9.17) is 18.9 Å². The molecule has 39 heavy (non-hydrogen) atoms. The predicted octanol–water partition coefficient (Wildman–Crippen LogP) is 2.65. The summed E-state index contributed by atoms with van der Waals surface area (Å²) in [5, 5.41) is 16.0. The molecule has 10 heteroatoms. The van der Waals surface area contributed by atoms with Gasteiger partial charge in [0.1, 0.15) is 18.0 Å². The van der Waals surface area contributed by atoms with Gasteiger partial charge in [-0.05, 0) is 68.8 Å². The molecule has 0 aliphatic carbocycles. The van der Waals surface area contributed by atoms with Crippen LogP contribution in [0.1, 0.15) is 53.9 Å². The average molecular weight is 538 g/mol. The van der Waals surface area contributed by atoms with Crippen LogP contribution in [0.5, 0.6) is 17.2 Å². The first-order valence-electron chi connectivity index (χ1n) is 13.8. The van der Waals surface area contributed by atoms with E-state index >= 15 is 0 Å². The van der Waals surface area contributed by atoms with E-state index in [0.29, 0.717) is 41.5 Å². The van der Waals surface area contributed by atoms with Gasteiger partial charge in [-0.25, -0.2) is 0 Å². The summed E-state index contributed by atoms with van der Waals surface area (Å²) in [6.45, 7) is 3.63. The lowest BCUT2D eigenvalue weighted by atomic mass is 9.84. The Bertz CT molecular complexity index is 1220. The van der Waals surface area contributed by atoms with Crippen molar-refractivity contribution in [2.45, 2.75) is 56.3 Å². The van der Waals surface area contributed by atoms with E-state index in [0.717, 1.165) is 25.2 Å². The molecule has 4 atom stereocenters. The van der Waals surface area contributed by atoms with Crippen LogP contribution in [0, 0.1) is 0 Å². The lowest BCUT2D eigenvalue weighted by Gasteiger charge is -2.37. The molecule has 0 spiro atoms. The highest BCUT2D eigenvalue weighted by atomic mass is 16.7. The molecule has 0 radical (unpaired) electrons. The fourth-order valence-corrected chi connectivity index (χ4v) is 6.02. The number of amides is 2. The highest BCUT2D eigenvalue weighted by molar-refractivity contribution is 6.04. The summed E-state index contributed by atoms with van der Waals surface area (Å²) in [4.78, 5) is 28.0. The van der Waals surface area contributed by atoms with Gasteiger partial charge in [0.05, 0.1) is 19.1 Å². The number of aliphatic hydroxyl groups is 1. The van der Waals surface area contributed by atoms with Crippen molar-refractivity contribution in [3.05, 3.63) is 47.5 Å². The minimum atomic E-state index is -0.533. The smallest absolute Gasteiger partial charge is 0.255 e. The lowest BCUT2D eigenvalue weighted by molar-refractivity contribution is -0.142. The molecule has 4 heterocycles. The minimum Gasteiger partial charge on any atom is -0.487 e. The summed E-state index contributed by atoms with van der Waals surface area (Å²) < 4.78 is 23.0. The first kappa shape index (κ1) is 25.9. The van der Waals surface area contributed by atoms with Crippen LogP contribution in [0.2, 0.25) is 0 Å². The van der Waals surface area contributed by atoms with Crippen LogP contribution in [0.25, 0.3) is 0 Å². The van der Waals surface area contributed by atoms with Crippen molar-refractivity contribution in [2.24, 2.45) is 0 Å². The summed E-state index contributed by atoms with van der Waals surface area (Å²) in [6.07, 6.45) is 3.35. The summed E-state index contributed by atoms with van der Waals surface area (Å²) in [5.41, 5.74) is 2.05. The van der Waals surface area contributed by atoms with Gasteiger partial charge in [-0.2, -0.15) is 0 Å². The molecule has 4 aliphatic heterocycles. The van der Waals surface area contributed by atoms with Crippen molar-refractivity contribution in [1.29, 1.82) is 0 Å². The van der Waals surface area contributed by atoms with Crippen molar-refractivity contribution >= 4 is 17.5 Å². The molecule has 4 aliphatic rings. The Hall–Kier alpha value is -3.34. The highest BCUT2D eigenvalue weighted by Crippen LogP contribution is 2.47. The van der Waals surface area contributed by atoms with E-state index in [2.05, 4.69) is 15.5 Å². The topological polar surface area (TPSA) is 119 Å². The molecule has 2 amide bonds. The number of hydrogen-bond donors (Lipinski definition) is 3. The number of ether oxygens (including phenoxy) is 4. The van der Waals surface area contributed by atoms with E-state index in [-0.39, 0.29) is 49.8 Å². The van der Waals surface area contributed by atoms with E-state index in [1.54, 1.807) is 24.3 Å². The SMILES string of the molecule is O=C(C[C@@H]1C[C@@H]2c3cc(NC(=O)c4ccc5c(c4)OCO5)ccc3O[C@@H]2[C@H](CO)O1)NCCN1CCCCC1. The predicted molar refractivity (Wildman–Crippen MR) is 142 cm³/mol. The minimum absolute atomic E-state index is 0.0453. The number of anilines is 1. The Labute approximate surface area is 227 Å². The maximum Gasteiger partial charge on any atom is 0.255 e. The van der Waals surface area contributed by atoms with Crippen molar-refractivity contribution in [1.82, 2.24) is 10.2 Å². The monoisotopic (exact) mass is 537 g/mol. The molecule has 2 saturated heterocycles. The Balaban J connectivity index is 1.09. The second kappa shape index (κ2) is 11.4. The van der Waals surface area contributed by atoms with E-state index < -0.39 is 6.10 Å². The first-order chi connectivity index (χ1) is 19.1. The number of rotatable bonds is 8. The summed E-state index contributed by atoms with van der Waals surface area (Å²) in [7, 11) is 0. The molecule has 0 saturated carbocycles. The number of nitrogens with zero attached hydrogens (tertiary/aromatic N) is 1. The number of nitrogens with one attached hydrogen (secondary N) is 2. The maximum atomic E-state index is 12.9. The molecule has 0 aromatic heterocycles. The van der Waals surface area contributed by atoms with Gasteiger partial charge in [-0.15, -0.1) is 0 Å². The Morgan fingerprint density at radius 2 is 1.82 bits per heavy atom. The van der Waals surface area contributed by atoms with Gasteiger partial charge >= 0.3 is 0 Å². The van der Waals surface area contributed by atoms with Gasteiger partial charge in [0.2, 0.25) is 12.7 Å². The zero-order valence-electron chi connectivity index (χ0n) is 21.9. The Morgan fingerprint density at radius 3 is 2.67 bits per heavy atom. The third-order valence-corrected chi connectivity index (χ3v) is 8.00. The van der Waals surface area contributed by atoms with Gasteiger partial charge in [0, 0.05) is 35.8 Å². The quantitative estimate of drug-likeness (QED) is 0.471. The van der Waals surface area contributed by atoms with E-state index in [1.165, 1.54) is 19.3 Å². The second-order valence-electron chi connectivity index (χ2n) is 10.6. The second-order valence-corrected chi connectivity index (χ2v) is 10.6. The maximum absolute atomic E-state index is 12.9. The molecule has 2 fully saturated rings. The molecule has 6 rings (SSSR count). The molecule has 2 aromatic carbocycles. The van der Waals surface area contributed by atoms with Gasteiger partial charge in [-0.3, -0.25) is 9.59 Å². The van der Waals surface area contributed by atoms with Gasteiger partial charge in [0.15, 0.2) is 11.5 Å². The molecular weight excluding hydrogens is 502 g/mol. The first-order valence-corrected chi connectivity index (χ1v) is 13.8. The number of aliphatic hydroxyl groups excluding tert-OH is 1. The van der Waals surface area contributed by atoms with Crippen LogP contribution >= 0.6 is 0 Å². The van der Waals surface area contributed by atoms with Crippen molar-refractivity contribution < 1.29 is 33.6 Å². The lowest BCUT2D eigenvalue weighted by Crippen LogP contribution is -2.47. The van der Waals surface area contributed by atoms with Gasteiger partial charge < -0.3 is 39.6 Å². The molecule has 0 unspecified atom stereocenters. The van der Waals surface area contributed by atoms with Gasteiger partial charge in [-0.1, -0.05) is 6.42 Å².